The molecule has 3 N–H and O–H groups in total. The summed E-state index contributed by atoms with van der Waals surface area (Å²) in [6, 6.07) is 4.07. The third-order valence-corrected chi connectivity index (χ3v) is 2.33. The van der Waals surface area contributed by atoms with Crippen LogP contribution < -0.4 is 20.5 Å². The van der Waals surface area contributed by atoms with Crippen molar-refractivity contribution in [2.45, 2.75) is 19.9 Å². The molecule has 0 saturated carbocycles. The van der Waals surface area contributed by atoms with E-state index in [9.17, 15) is 0 Å². The molecule has 0 bridgehead atoms. The molecule has 1 aliphatic rings. The van der Waals surface area contributed by atoms with Crippen molar-refractivity contribution in [2.24, 2.45) is 5.73 Å². The van der Waals surface area contributed by atoms with Gasteiger partial charge in [-0.1, -0.05) is 0 Å². The van der Waals surface area contributed by atoms with E-state index in [1.165, 1.54) is 0 Å². The Morgan fingerprint density at radius 1 is 1.40 bits per heavy atom. The van der Waals surface area contributed by atoms with E-state index >= 15 is 0 Å². The zero-order valence-electron chi connectivity index (χ0n) is 9.04. The predicted molar refractivity (Wildman–Crippen MR) is 59.4 cm³/mol. The maximum absolute atomic E-state index is 5.68. The van der Waals surface area contributed by atoms with Crippen LogP contribution in [0.25, 0.3) is 0 Å². The van der Waals surface area contributed by atoms with Crippen LogP contribution in [-0.4, -0.2) is 19.4 Å². The number of hydrogen-bond acceptors (Lipinski definition) is 4. The summed E-state index contributed by atoms with van der Waals surface area (Å²) in [6.45, 7) is 5.06. The number of fused-ring (bicyclic) bond motifs is 1. The first-order valence-corrected chi connectivity index (χ1v) is 5.06. The molecule has 0 spiro atoms. The van der Waals surface area contributed by atoms with Gasteiger partial charge in [0.1, 0.15) is 0 Å². The second-order valence-electron chi connectivity index (χ2n) is 3.88. The first kappa shape index (κ1) is 10.1. The van der Waals surface area contributed by atoms with Crippen molar-refractivity contribution < 1.29 is 9.47 Å². The maximum Gasteiger partial charge on any atom is 0.231 e. The molecule has 0 saturated heterocycles. The Hall–Kier alpha value is -1.42. The normalized spacial score (nSPS) is 15.1. The monoisotopic (exact) mass is 208 g/mol. The third kappa shape index (κ3) is 2.15. The van der Waals surface area contributed by atoms with Gasteiger partial charge in [-0.05, 0) is 25.5 Å². The van der Waals surface area contributed by atoms with Gasteiger partial charge in [0.05, 0.1) is 0 Å². The number of nitrogens with one attached hydrogen (secondary N) is 1. The fourth-order valence-corrected chi connectivity index (χ4v) is 1.50. The number of benzene rings is 1. The summed E-state index contributed by atoms with van der Waals surface area (Å²) in [5, 5.41) is 3.28. The number of aryl methyl sites for hydroxylation is 1. The Balaban J connectivity index is 2.17. The lowest BCUT2D eigenvalue weighted by Crippen LogP contribution is -2.25. The highest BCUT2D eigenvalue weighted by Gasteiger charge is 2.15. The molecule has 15 heavy (non-hydrogen) atoms. The SMILES string of the molecule is Cc1cc2c(cc1NCC(C)N)OCO2. The molecule has 1 unspecified atom stereocenters. The summed E-state index contributed by atoms with van der Waals surface area (Å²) >= 11 is 0. The Kier molecular flexibility index (Phi) is 2.68. The lowest BCUT2D eigenvalue weighted by atomic mass is 10.1. The first-order valence-electron chi connectivity index (χ1n) is 5.06. The maximum atomic E-state index is 5.68. The van der Waals surface area contributed by atoms with Gasteiger partial charge >= 0.3 is 0 Å². The minimum absolute atomic E-state index is 0.134. The van der Waals surface area contributed by atoms with Crippen molar-refractivity contribution >= 4 is 5.69 Å². The van der Waals surface area contributed by atoms with Crippen LogP contribution in [0.15, 0.2) is 12.1 Å². The van der Waals surface area contributed by atoms with Gasteiger partial charge in [0, 0.05) is 24.3 Å². The van der Waals surface area contributed by atoms with E-state index in [0.717, 1.165) is 29.3 Å². The van der Waals surface area contributed by atoms with E-state index in [1.54, 1.807) is 0 Å². The Morgan fingerprint density at radius 2 is 2.07 bits per heavy atom. The van der Waals surface area contributed by atoms with Crippen molar-refractivity contribution in [3.63, 3.8) is 0 Å². The number of hydrogen-bond donors (Lipinski definition) is 2. The quantitative estimate of drug-likeness (QED) is 0.790. The van der Waals surface area contributed by atoms with Crippen LogP contribution in [0.3, 0.4) is 0 Å². The highest BCUT2D eigenvalue weighted by Crippen LogP contribution is 2.36. The summed E-state index contributed by atoms with van der Waals surface area (Å²) in [5.41, 5.74) is 7.88. The third-order valence-electron chi connectivity index (χ3n) is 2.33. The molecule has 0 radical (unpaired) electrons. The highest BCUT2D eigenvalue weighted by atomic mass is 16.7. The van der Waals surface area contributed by atoms with Crippen molar-refractivity contribution in [3.8, 4) is 11.5 Å². The Morgan fingerprint density at radius 3 is 2.73 bits per heavy atom. The number of rotatable bonds is 3. The number of ether oxygens (including phenoxy) is 2. The van der Waals surface area contributed by atoms with E-state index in [4.69, 9.17) is 15.2 Å². The summed E-state index contributed by atoms with van der Waals surface area (Å²) in [5.74, 6) is 1.62. The molecule has 1 atom stereocenters. The van der Waals surface area contributed by atoms with Crippen LogP contribution in [0.1, 0.15) is 12.5 Å². The predicted octanol–water partition coefficient (Wildman–Crippen LogP) is 1.48. The molecule has 1 aliphatic heterocycles. The van der Waals surface area contributed by atoms with Gasteiger partial charge in [-0.25, -0.2) is 0 Å². The van der Waals surface area contributed by atoms with E-state index in [2.05, 4.69) is 5.32 Å². The van der Waals surface area contributed by atoms with Gasteiger partial charge in [-0.15, -0.1) is 0 Å². The van der Waals surface area contributed by atoms with Gasteiger partial charge in [0.25, 0.3) is 0 Å². The number of anilines is 1. The molecule has 1 aromatic carbocycles. The molecule has 2 rings (SSSR count). The Bertz CT molecular complexity index is 364. The van der Waals surface area contributed by atoms with Crippen LogP contribution in [0.5, 0.6) is 11.5 Å². The zero-order chi connectivity index (χ0) is 10.8. The van der Waals surface area contributed by atoms with Crippen molar-refractivity contribution in [3.05, 3.63) is 17.7 Å². The fraction of sp³-hybridized carbons (Fsp3) is 0.455. The second kappa shape index (κ2) is 3.98. The minimum atomic E-state index is 0.134. The minimum Gasteiger partial charge on any atom is -0.454 e. The van der Waals surface area contributed by atoms with E-state index in [1.807, 2.05) is 26.0 Å². The molecule has 4 heteroatoms. The summed E-state index contributed by atoms with van der Waals surface area (Å²) in [7, 11) is 0. The molecule has 1 aromatic rings. The molecule has 1 heterocycles. The molecular weight excluding hydrogens is 192 g/mol. The van der Waals surface area contributed by atoms with E-state index in [-0.39, 0.29) is 6.04 Å². The zero-order valence-corrected chi connectivity index (χ0v) is 9.04. The van der Waals surface area contributed by atoms with Crippen molar-refractivity contribution in [2.75, 3.05) is 18.7 Å². The first-order chi connectivity index (χ1) is 7.16. The van der Waals surface area contributed by atoms with Gasteiger partial charge in [-0.3, -0.25) is 0 Å². The van der Waals surface area contributed by atoms with Gasteiger partial charge in [0.2, 0.25) is 6.79 Å². The summed E-state index contributed by atoms with van der Waals surface area (Å²) < 4.78 is 10.6. The molecule has 4 nitrogen and oxygen atoms in total. The molecule has 82 valence electrons. The topological polar surface area (TPSA) is 56.5 Å². The van der Waals surface area contributed by atoms with E-state index < -0.39 is 0 Å². The second-order valence-corrected chi connectivity index (χ2v) is 3.88. The van der Waals surface area contributed by atoms with Crippen LogP contribution in [0.2, 0.25) is 0 Å². The smallest absolute Gasteiger partial charge is 0.231 e. The fourth-order valence-electron chi connectivity index (χ4n) is 1.50. The summed E-state index contributed by atoms with van der Waals surface area (Å²) in [6.07, 6.45) is 0. The molecule has 0 amide bonds. The van der Waals surface area contributed by atoms with Gasteiger partial charge in [0.15, 0.2) is 11.5 Å². The van der Waals surface area contributed by atoms with Crippen molar-refractivity contribution in [1.82, 2.24) is 0 Å². The molecule has 0 fully saturated rings. The Labute approximate surface area is 89.4 Å². The highest BCUT2D eigenvalue weighted by molar-refractivity contribution is 5.60. The van der Waals surface area contributed by atoms with Gasteiger partial charge < -0.3 is 20.5 Å². The summed E-state index contributed by atoms with van der Waals surface area (Å²) in [4.78, 5) is 0. The van der Waals surface area contributed by atoms with Crippen LogP contribution in [-0.2, 0) is 0 Å². The largest absolute Gasteiger partial charge is 0.454 e. The number of nitrogens with two attached hydrogens (primary N) is 1. The average molecular weight is 208 g/mol. The standard InChI is InChI=1S/C11H16N2O2/c1-7-3-10-11(15-6-14-10)4-9(7)13-5-8(2)12/h3-4,8,13H,5-6,12H2,1-2H3. The average Bonchev–Trinajstić information content (AvgIpc) is 2.60. The van der Waals surface area contributed by atoms with Crippen LogP contribution >= 0.6 is 0 Å². The molecule has 0 aromatic heterocycles. The van der Waals surface area contributed by atoms with E-state index in [0.29, 0.717) is 6.79 Å². The molecular formula is C11H16N2O2. The van der Waals surface area contributed by atoms with Crippen molar-refractivity contribution in [1.29, 1.82) is 0 Å². The van der Waals surface area contributed by atoms with Gasteiger partial charge in [-0.2, -0.15) is 0 Å². The lowest BCUT2D eigenvalue weighted by Gasteiger charge is -2.12. The van der Waals surface area contributed by atoms with Crippen LogP contribution in [0.4, 0.5) is 5.69 Å². The molecule has 0 aliphatic carbocycles. The lowest BCUT2D eigenvalue weighted by molar-refractivity contribution is 0.174. The van der Waals surface area contributed by atoms with Crippen LogP contribution in [0, 0.1) is 6.92 Å².